The normalized spacial score (nSPS) is 11.3. The lowest BCUT2D eigenvalue weighted by Crippen LogP contribution is -2.12. The van der Waals surface area contributed by atoms with Gasteiger partial charge in [0.15, 0.2) is 10.8 Å². The van der Waals surface area contributed by atoms with Crippen LogP contribution >= 0.6 is 11.3 Å². The van der Waals surface area contributed by atoms with Gasteiger partial charge >= 0.3 is 0 Å². The maximum Gasteiger partial charge on any atom is 0.259 e. The number of thiazole rings is 1. The Morgan fingerprint density at radius 3 is 2.71 bits per heavy atom. The number of nitrogens with zero attached hydrogens (tertiary/aromatic N) is 4. The number of aromatic nitrogens is 4. The molecule has 4 rings (SSSR count). The predicted octanol–water partition coefficient (Wildman–Crippen LogP) is 5.00. The van der Waals surface area contributed by atoms with Crippen LogP contribution in [-0.4, -0.2) is 25.7 Å². The number of anilines is 1. The van der Waals surface area contributed by atoms with Crippen LogP contribution in [0.25, 0.3) is 22.3 Å². The number of amides is 1. The van der Waals surface area contributed by atoms with E-state index in [1.165, 1.54) is 22.5 Å². The summed E-state index contributed by atoms with van der Waals surface area (Å²) in [7, 11) is 0. The van der Waals surface area contributed by atoms with E-state index in [0.717, 1.165) is 22.3 Å². The lowest BCUT2D eigenvalue weighted by molar-refractivity contribution is 0.102. The van der Waals surface area contributed by atoms with Crippen molar-refractivity contribution in [2.24, 2.45) is 0 Å². The van der Waals surface area contributed by atoms with Crippen molar-refractivity contribution in [3.05, 3.63) is 58.7 Å². The van der Waals surface area contributed by atoms with Crippen molar-refractivity contribution in [2.45, 2.75) is 33.7 Å². The average Bonchev–Trinajstić information content (AvgIpc) is 3.30. The molecule has 6 nitrogen and oxygen atoms in total. The quantitative estimate of drug-likeness (QED) is 0.531. The Hall–Kier alpha value is -3.06. The van der Waals surface area contributed by atoms with Gasteiger partial charge in [-0.25, -0.2) is 14.6 Å². The molecule has 0 radical (unpaired) electrons. The van der Waals surface area contributed by atoms with Crippen LogP contribution in [0.2, 0.25) is 0 Å². The molecule has 0 spiro atoms. The number of pyridine rings is 1. The fraction of sp³-hybridized carbons (Fsp3) is 0.238. The molecule has 4 aromatic rings. The third kappa shape index (κ3) is 3.41. The molecular weight excluding hydrogens is 370 g/mol. The molecule has 0 saturated carbocycles. The molecule has 0 aliphatic rings. The zero-order valence-corrected chi connectivity index (χ0v) is 17.0. The minimum Gasteiger partial charge on any atom is -0.298 e. The van der Waals surface area contributed by atoms with Gasteiger partial charge in [0.2, 0.25) is 0 Å². The number of nitrogens with one attached hydrogen (secondary N) is 1. The van der Waals surface area contributed by atoms with E-state index in [1.807, 2.05) is 30.0 Å². The summed E-state index contributed by atoms with van der Waals surface area (Å²) in [6, 6.07) is 8.26. The molecule has 1 amide bonds. The van der Waals surface area contributed by atoms with E-state index < -0.39 is 0 Å². The number of fused-ring (bicyclic) bond motifs is 1. The van der Waals surface area contributed by atoms with E-state index in [4.69, 9.17) is 0 Å². The summed E-state index contributed by atoms with van der Waals surface area (Å²) in [6.45, 7) is 8.26. The van der Waals surface area contributed by atoms with E-state index in [-0.39, 0.29) is 11.9 Å². The van der Waals surface area contributed by atoms with Crippen LogP contribution < -0.4 is 5.32 Å². The number of benzene rings is 1. The molecule has 3 aromatic heterocycles. The first-order valence-electron chi connectivity index (χ1n) is 9.10. The Bertz CT molecular complexity index is 1170. The molecule has 0 aliphatic carbocycles. The molecule has 1 aromatic carbocycles. The standard InChI is InChI=1S/C21H21N5OS/c1-12(2)26-19-16(10-23-26)8-17(9-22-19)20(27)25-21-24-18(11-28-21)15-6-5-13(3)14(4)7-15/h5-12H,1-4H3,(H,24,25,27). The molecule has 0 atom stereocenters. The Morgan fingerprint density at radius 1 is 1.14 bits per heavy atom. The molecule has 0 saturated heterocycles. The van der Waals surface area contributed by atoms with Gasteiger partial charge in [-0.05, 0) is 51.0 Å². The van der Waals surface area contributed by atoms with Crippen molar-refractivity contribution in [1.29, 1.82) is 0 Å². The van der Waals surface area contributed by atoms with Gasteiger partial charge in [0.05, 0.1) is 17.5 Å². The van der Waals surface area contributed by atoms with Crippen LogP contribution in [0.4, 0.5) is 5.13 Å². The highest BCUT2D eigenvalue weighted by Crippen LogP contribution is 2.27. The van der Waals surface area contributed by atoms with Gasteiger partial charge in [-0.1, -0.05) is 12.1 Å². The van der Waals surface area contributed by atoms with E-state index in [9.17, 15) is 4.79 Å². The Morgan fingerprint density at radius 2 is 1.96 bits per heavy atom. The second kappa shape index (κ2) is 7.16. The summed E-state index contributed by atoms with van der Waals surface area (Å²) in [5.74, 6) is -0.229. The van der Waals surface area contributed by atoms with Crippen LogP contribution in [0.15, 0.2) is 42.0 Å². The number of hydrogen-bond acceptors (Lipinski definition) is 5. The summed E-state index contributed by atoms with van der Waals surface area (Å²) < 4.78 is 1.84. The summed E-state index contributed by atoms with van der Waals surface area (Å²) in [4.78, 5) is 21.6. The molecule has 0 aliphatic heterocycles. The first-order chi connectivity index (χ1) is 13.4. The maximum absolute atomic E-state index is 12.6. The number of hydrogen-bond donors (Lipinski definition) is 1. The summed E-state index contributed by atoms with van der Waals surface area (Å²) in [5, 5.41) is 10.6. The van der Waals surface area contributed by atoms with Crippen molar-refractivity contribution in [2.75, 3.05) is 5.32 Å². The minimum atomic E-state index is -0.229. The fourth-order valence-electron chi connectivity index (χ4n) is 2.98. The average molecular weight is 392 g/mol. The molecule has 0 bridgehead atoms. The highest BCUT2D eigenvalue weighted by Gasteiger charge is 2.14. The van der Waals surface area contributed by atoms with E-state index in [0.29, 0.717) is 10.7 Å². The van der Waals surface area contributed by atoms with Gasteiger partial charge in [0, 0.05) is 28.6 Å². The SMILES string of the molecule is Cc1ccc(-c2csc(NC(=O)c3cnc4c(cnn4C(C)C)c3)n2)cc1C. The minimum absolute atomic E-state index is 0.212. The van der Waals surface area contributed by atoms with Crippen LogP contribution in [0.1, 0.15) is 41.4 Å². The van der Waals surface area contributed by atoms with Crippen LogP contribution in [0, 0.1) is 13.8 Å². The van der Waals surface area contributed by atoms with Gasteiger partial charge in [0.25, 0.3) is 5.91 Å². The smallest absolute Gasteiger partial charge is 0.259 e. The number of aryl methyl sites for hydroxylation is 2. The molecule has 7 heteroatoms. The molecule has 3 heterocycles. The first kappa shape index (κ1) is 18.3. The number of rotatable bonds is 4. The van der Waals surface area contributed by atoms with Gasteiger partial charge in [-0.15, -0.1) is 11.3 Å². The maximum atomic E-state index is 12.6. The highest BCUT2D eigenvalue weighted by atomic mass is 32.1. The summed E-state index contributed by atoms with van der Waals surface area (Å²) in [6.07, 6.45) is 3.32. The van der Waals surface area contributed by atoms with Gasteiger partial charge in [-0.2, -0.15) is 5.10 Å². The van der Waals surface area contributed by atoms with Gasteiger partial charge < -0.3 is 0 Å². The van der Waals surface area contributed by atoms with Crippen LogP contribution in [0.5, 0.6) is 0 Å². The largest absolute Gasteiger partial charge is 0.298 e. The topological polar surface area (TPSA) is 72.7 Å². The Balaban J connectivity index is 1.54. The van der Waals surface area contributed by atoms with Crippen LogP contribution in [0.3, 0.4) is 0 Å². The van der Waals surface area contributed by atoms with Crippen molar-refractivity contribution in [1.82, 2.24) is 19.7 Å². The van der Waals surface area contributed by atoms with E-state index in [2.05, 4.69) is 46.4 Å². The Labute approximate surface area is 167 Å². The highest BCUT2D eigenvalue weighted by molar-refractivity contribution is 7.14. The number of carbonyl (C=O) groups excluding carboxylic acids is 1. The van der Waals surface area contributed by atoms with E-state index >= 15 is 0 Å². The lowest BCUT2D eigenvalue weighted by Gasteiger charge is -2.06. The monoisotopic (exact) mass is 391 g/mol. The second-order valence-electron chi connectivity index (χ2n) is 7.11. The van der Waals surface area contributed by atoms with E-state index in [1.54, 1.807) is 18.5 Å². The lowest BCUT2D eigenvalue weighted by atomic mass is 10.1. The Kier molecular flexibility index (Phi) is 4.68. The van der Waals surface area contributed by atoms with Crippen LogP contribution in [-0.2, 0) is 0 Å². The third-order valence-electron chi connectivity index (χ3n) is 4.71. The molecule has 0 fully saturated rings. The summed E-state index contributed by atoms with van der Waals surface area (Å²) in [5.41, 5.74) is 5.63. The number of carbonyl (C=O) groups is 1. The van der Waals surface area contributed by atoms with Gasteiger partial charge in [-0.3, -0.25) is 10.1 Å². The fourth-order valence-corrected chi connectivity index (χ4v) is 3.69. The second-order valence-corrected chi connectivity index (χ2v) is 7.97. The first-order valence-corrected chi connectivity index (χ1v) is 9.98. The van der Waals surface area contributed by atoms with Crippen molar-refractivity contribution >= 4 is 33.4 Å². The molecule has 28 heavy (non-hydrogen) atoms. The van der Waals surface area contributed by atoms with Crippen molar-refractivity contribution in [3.8, 4) is 11.3 Å². The summed E-state index contributed by atoms with van der Waals surface area (Å²) >= 11 is 1.41. The molecule has 1 N–H and O–H groups in total. The zero-order chi connectivity index (χ0) is 19.8. The molecule has 142 valence electrons. The third-order valence-corrected chi connectivity index (χ3v) is 5.47. The van der Waals surface area contributed by atoms with Crippen molar-refractivity contribution < 1.29 is 4.79 Å². The van der Waals surface area contributed by atoms with Gasteiger partial charge in [0.1, 0.15) is 0 Å². The predicted molar refractivity (Wildman–Crippen MR) is 113 cm³/mol. The van der Waals surface area contributed by atoms with Crippen molar-refractivity contribution in [3.63, 3.8) is 0 Å². The molecular formula is C21H21N5OS. The molecule has 0 unspecified atom stereocenters. The zero-order valence-electron chi connectivity index (χ0n) is 16.2.